The van der Waals surface area contributed by atoms with Crippen LogP contribution in [0.1, 0.15) is 22.8 Å². The number of hydrogen-bond donors (Lipinski definition) is 1. The number of aryl methyl sites for hydroxylation is 1. The molecular weight excluding hydrogens is 455 g/mol. The third-order valence-electron chi connectivity index (χ3n) is 6.04. The lowest BCUT2D eigenvalue weighted by atomic mass is 10.1. The molecule has 0 saturated carbocycles. The van der Waals surface area contributed by atoms with Crippen molar-refractivity contribution >= 4 is 34.4 Å². The fourth-order valence-electron chi connectivity index (χ4n) is 4.06. The molecule has 3 aromatic rings. The molecule has 0 unspecified atom stereocenters. The second-order valence-corrected chi connectivity index (χ2v) is 8.32. The molecule has 1 amide bonds. The number of hydrazone groups is 1. The Morgan fingerprint density at radius 1 is 1.23 bits per heavy atom. The number of carbonyl (C=O) groups excluding carboxylic acids is 1. The summed E-state index contributed by atoms with van der Waals surface area (Å²) >= 11 is 0. The number of carbonyl (C=O) groups is 1. The van der Waals surface area contributed by atoms with E-state index in [2.05, 4.69) is 15.4 Å². The summed E-state index contributed by atoms with van der Waals surface area (Å²) < 4.78 is 16.8. The van der Waals surface area contributed by atoms with E-state index in [-0.39, 0.29) is 16.6 Å². The number of nitrogens with zero attached hydrogens (tertiary/aromatic N) is 5. The minimum atomic E-state index is -0.760. The molecule has 1 saturated heterocycles. The van der Waals surface area contributed by atoms with E-state index in [0.29, 0.717) is 36.4 Å². The monoisotopic (exact) mass is 480 g/mol. The lowest BCUT2D eigenvalue weighted by Crippen LogP contribution is -2.44. The highest BCUT2D eigenvalue weighted by atomic mass is 19.1. The van der Waals surface area contributed by atoms with Gasteiger partial charge in [0.25, 0.3) is 11.6 Å². The smallest absolute Gasteiger partial charge is 0.276 e. The third kappa shape index (κ3) is 5.04. The van der Waals surface area contributed by atoms with Crippen molar-refractivity contribution in [2.24, 2.45) is 5.10 Å². The van der Waals surface area contributed by atoms with Crippen LogP contribution in [-0.4, -0.2) is 59.7 Å². The Morgan fingerprint density at radius 2 is 1.97 bits per heavy atom. The van der Waals surface area contributed by atoms with E-state index < -0.39 is 22.1 Å². The highest BCUT2D eigenvalue weighted by Crippen LogP contribution is 2.26. The predicted molar refractivity (Wildman–Crippen MR) is 132 cm³/mol. The topological polar surface area (TPSA) is 113 Å². The van der Waals surface area contributed by atoms with Crippen LogP contribution >= 0.6 is 0 Å². The van der Waals surface area contributed by atoms with Crippen LogP contribution in [0.25, 0.3) is 10.9 Å². The second-order valence-electron chi connectivity index (χ2n) is 8.32. The van der Waals surface area contributed by atoms with E-state index in [4.69, 9.17) is 0 Å². The van der Waals surface area contributed by atoms with Crippen LogP contribution < -0.4 is 15.8 Å². The minimum Gasteiger partial charge on any atom is -0.367 e. The molecule has 0 bridgehead atoms. The maximum absolute atomic E-state index is 15.1. The number of aromatic nitrogens is 1. The van der Waals surface area contributed by atoms with E-state index in [1.54, 1.807) is 16.7 Å². The van der Waals surface area contributed by atoms with E-state index in [1.807, 2.05) is 18.9 Å². The van der Waals surface area contributed by atoms with E-state index in [1.165, 1.54) is 36.7 Å². The number of non-ortho nitro benzene ring substituents is 1. The number of nitrogens with one attached hydrogen (secondary N) is 1. The van der Waals surface area contributed by atoms with Crippen molar-refractivity contribution in [1.82, 2.24) is 14.9 Å². The summed E-state index contributed by atoms with van der Waals surface area (Å²) in [6.07, 6.45) is 2.68. The first-order chi connectivity index (χ1) is 16.8. The number of fused-ring (bicyclic) bond motifs is 1. The van der Waals surface area contributed by atoms with Gasteiger partial charge in [-0.05, 0) is 26.1 Å². The second kappa shape index (κ2) is 10.0. The molecule has 182 valence electrons. The summed E-state index contributed by atoms with van der Waals surface area (Å²) in [4.78, 5) is 40.3. The Kier molecular flexibility index (Phi) is 6.87. The number of nitro benzene ring substituents is 1. The molecule has 35 heavy (non-hydrogen) atoms. The van der Waals surface area contributed by atoms with Gasteiger partial charge < -0.3 is 14.4 Å². The molecule has 0 spiro atoms. The summed E-state index contributed by atoms with van der Waals surface area (Å²) in [6.45, 7) is 5.31. The lowest BCUT2D eigenvalue weighted by Gasteiger charge is -2.34. The van der Waals surface area contributed by atoms with Crippen molar-refractivity contribution in [2.75, 3.05) is 38.1 Å². The molecule has 4 rings (SSSR count). The molecule has 2 aromatic carbocycles. The fraction of sp³-hybridized carbons (Fsp3) is 0.292. The van der Waals surface area contributed by atoms with E-state index >= 15 is 4.39 Å². The van der Waals surface area contributed by atoms with Crippen molar-refractivity contribution < 1.29 is 14.1 Å². The number of likely N-dealkylation sites (N-methyl/N-ethyl adjacent to an activating group) is 1. The van der Waals surface area contributed by atoms with E-state index in [0.717, 1.165) is 13.1 Å². The first-order valence-corrected chi connectivity index (χ1v) is 11.2. The maximum atomic E-state index is 15.1. The summed E-state index contributed by atoms with van der Waals surface area (Å²) in [5.41, 5.74) is 2.77. The molecule has 1 aliphatic rings. The van der Waals surface area contributed by atoms with Gasteiger partial charge in [0.2, 0.25) is 5.43 Å². The van der Waals surface area contributed by atoms with Gasteiger partial charge in [0.1, 0.15) is 11.4 Å². The van der Waals surface area contributed by atoms with Gasteiger partial charge >= 0.3 is 0 Å². The number of halogens is 1. The van der Waals surface area contributed by atoms with Crippen molar-refractivity contribution in [1.29, 1.82) is 0 Å². The van der Waals surface area contributed by atoms with Gasteiger partial charge in [-0.3, -0.25) is 19.7 Å². The number of nitro groups is 1. The quantitative estimate of drug-likeness (QED) is 0.330. The standard InChI is InChI=1S/C24H25FN6O4/c1-3-29-15-19(24(33)27-26-14-16-5-4-6-17(11-16)31(34)35)23(32)18-12-20(25)22(13-21(18)29)30-9-7-28(2)8-10-30/h4-6,11-15H,3,7-10H2,1-2H3,(H,27,33). The number of anilines is 1. The van der Waals surface area contributed by atoms with Crippen LogP contribution in [0.5, 0.6) is 0 Å². The maximum Gasteiger partial charge on any atom is 0.276 e. The average Bonchev–Trinajstić information content (AvgIpc) is 2.85. The van der Waals surface area contributed by atoms with Crippen LogP contribution in [-0.2, 0) is 6.54 Å². The van der Waals surface area contributed by atoms with Gasteiger partial charge in [-0.15, -0.1) is 0 Å². The normalized spacial score (nSPS) is 14.5. The number of pyridine rings is 1. The molecule has 1 fully saturated rings. The molecule has 0 atom stereocenters. The Labute approximate surface area is 200 Å². The molecule has 10 nitrogen and oxygen atoms in total. The largest absolute Gasteiger partial charge is 0.367 e. The predicted octanol–water partition coefficient (Wildman–Crippen LogP) is 2.58. The first-order valence-electron chi connectivity index (χ1n) is 11.2. The molecule has 1 N–H and O–H groups in total. The van der Waals surface area contributed by atoms with Gasteiger partial charge in [0, 0.05) is 62.0 Å². The van der Waals surface area contributed by atoms with Gasteiger partial charge in [-0.25, -0.2) is 9.82 Å². The molecule has 2 heterocycles. The van der Waals surface area contributed by atoms with Gasteiger partial charge in [-0.1, -0.05) is 12.1 Å². The zero-order valence-electron chi connectivity index (χ0n) is 19.4. The molecule has 11 heteroatoms. The zero-order chi connectivity index (χ0) is 25.1. The average molecular weight is 481 g/mol. The summed E-state index contributed by atoms with van der Waals surface area (Å²) in [6, 6.07) is 8.59. The number of benzene rings is 2. The van der Waals surface area contributed by atoms with Crippen LogP contribution in [0.2, 0.25) is 0 Å². The fourth-order valence-corrected chi connectivity index (χ4v) is 4.06. The number of piperazine rings is 1. The number of amides is 1. The summed E-state index contributed by atoms with van der Waals surface area (Å²) in [5, 5.41) is 14.8. The molecular formula is C24H25FN6O4. The highest BCUT2D eigenvalue weighted by Gasteiger charge is 2.21. The molecule has 0 aliphatic carbocycles. The highest BCUT2D eigenvalue weighted by molar-refractivity contribution is 5.98. The Hall–Kier alpha value is -4.12. The molecule has 0 radical (unpaired) electrons. The van der Waals surface area contributed by atoms with Crippen LogP contribution in [0.15, 0.2) is 52.5 Å². The number of rotatable bonds is 6. The summed E-state index contributed by atoms with van der Waals surface area (Å²) in [5.74, 6) is -1.27. The first kappa shape index (κ1) is 24.0. The van der Waals surface area contributed by atoms with Crippen LogP contribution in [0, 0.1) is 15.9 Å². The van der Waals surface area contributed by atoms with Gasteiger partial charge in [-0.2, -0.15) is 5.10 Å². The van der Waals surface area contributed by atoms with Crippen molar-refractivity contribution in [2.45, 2.75) is 13.5 Å². The Morgan fingerprint density at radius 3 is 2.66 bits per heavy atom. The van der Waals surface area contributed by atoms with Crippen LogP contribution in [0.4, 0.5) is 15.8 Å². The Balaban J connectivity index is 1.63. The van der Waals surface area contributed by atoms with E-state index in [9.17, 15) is 19.7 Å². The van der Waals surface area contributed by atoms with Crippen molar-refractivity contribution in [3.05, 3.63) is 79.9 Å². The lowest BCUT2D eigenvalue weighted by molar-refractivity contribution is -0.384. The minimum absolute atomic E-state index is 0.109. The van der Waals surface area contributed by atoms with Crippen LogP contribution in [0.3, 0.4) is 0 Å². The summed E-state index contributed by atoms with van der Waals surface area (Å²) in [7, 11) is 2.02. The number of hydrogen-bond acceptors (Lipinski definition) is 7. The third-order valence-corrected chi connectivity index (χ3v) is 6.04. The Bertz CT molecular complexity index is 1380. The van der Waals surface area contributed by atoms with Crippen molar-refractivity contribution in [3.63, 3.8) is 0 Å². The molecule has 1 aliphatic heterocycles. The molecule has 1 aromatic heterocycles. The van der Waals surface area contributed by atoms with Gasteiger partial charge in [0.15, 0.2) is 0 Å². The zero-order valence-corrected chi connectivity index (χ0v) is 19.4. The van der Waals surface area contributed by atoms with Crippen molar-refractivity contribution in [3.8, 4) is 0 Å². The SMILES string of the molecule is CCn1cc(C(=O)NN=Cc2cccc([N+](=O)[O-])c2)c(=O)c2cc(F)c(N3CCN(C)CC3)cc21. The van der Waals surface area contributed by atoms with Gasteiger partial charge in [0.05, 0.1) is 22.3 Å².